The molecule has 0 bridgehead atoms. The van der Waals surface area contributed by atoms with Crippen LogP contribution in [0.4, 0.5) is 5.69 Å². The number of nitrogens with zero attached hydrogens (tertiary/aromatic N) is 1. The lowest BCUT2D eigenvalue weighted by Gasteiger charge is -2.12. The third-order valence-electron chi connectivity index (χ3n) is 6.91. The largest absolute Gasteiger partial charge is 0.493 e. The quantitative estimate of drug-likeness (QED) is 0.0476. The van der Waals surface area contributed by atoms with Crippen molar-refractivity contribution in [2.24, 2.45) is 0 Å². The Morgan fingerprint density at radius 3 is 2.11 bits per heavy atom. The van der Waals surface area contributed by atoms with Crippen LogP contribution in [-0.4, -0.2) is 24.0 Å². The average Bonchev–Trinajstić information content (AvgIpc) is 3.05. The molecular formula is C35H26ClNO8. The zero-order chi connectivity index (χ0) is 31.9. The van der Waals surface area contributed by atoms with E-state index in [1.165, 1.54) is 31.6 Å². The summed E-state index contributed by atoms with van der Waals surface area (Å²) in [4.78, 5) is 36.1. The molecule has 0 saturated carbocycles. The number of carbonyl (C=O) groups is 2. The normalized spacial score (nSPS) is 10.6. The van der Waals surface area contributed by atoms with Crippen LogP contribution in [0.2, 0.25) is 5.02 Å². The molecular weight excluding hydrogens is 598 g/mol. The molecule has 0 radical (unpaired) electrons. The highest BCUT2D eigenvalue weighted by molar-refractivity contribution is 6.35. The zero-order valence-corrected chi connectivity index (χ0v) is 24.8. The van der Waals surface area contributed by atoms with Crippen molar-refractivity contribution in [2.75, 3.05) is 7.11 Å². The lowest BCUT2D eigenvalue weighted by molar-refractivity contribution is -0.384. The number of fused-ring (bicyclic) bond motifs is 1. The lowest BCUT2D eigenvalue weighted by atomic mass is 10.0. The second-order valence-electron chi connectivity index (χ2n) is 9.84. The molecule has 10 heteroatoms. The first-order chi connectivity index (χ1) is 21.7. The van der Waals surface area contributed by atoms with Crippen molar-refractivity contribution >= 4 is 40.0 Å². The molecule has 0 heterocycles. The summed E-state index contributed by atoms with van der Waals surface area (Å²) in [5, 5.41) is 12.5. The highest BCUT2D eigenvalue weighted by Crippen LogP contribution is 2.32. The summed E-state index contributed by atoms with van der Waals surface area (Å²) in [6.45, 7) is 3.50. The van der Waals surface area contributed by atoms with E-state index in [1.807, 2.05) is 18.2 Å². The van der Waals surface area contributed by atoms with Gasteiger partial charge in [-0.2, -0.15) is 0 Å². The SMILES string of the molecule is C=COc1ccc(C(=O)Oc2ccc(CCc3ccc(OC(=O)c4ccc5c(Cl)cc([N+](=O)[O-])cc5c4)c(OC)c3)cc2)cc1. The summed E-state index contributed by atoms with van der Waals surface area (Å²) in [5.41, 5.74) is 2.42. The van der Waals surface area contributed by atoms with E-state index in [0.717, 1.165) is 11.1 Å². The number of nitro groups is 1. The predicted octanol–water partition coefficient (Wildman–Crippen LogP) is 8.16. The molecule has 5 rings (SSSR count). The molecule has 45 heavy (non-hydrogen) atoms. The van der Waals surface area contributed by atoms with Gasteiger partial charge >= 0.3 is 11.9 Å². The Hall–Kier alpha value is -5.67. The number of non-ortho nitro benzene ring substituents is 1. The minimum absolute atomic E-state index is 0.174. The highest BCUT2D eigenvalue weighted by Gasteiger charge is 2.17. The Bertz CT molecular complexity index is 1900. The number of benzene rings is 5. The maximum absolute atomic E-state index is 13.0. The number of hydrogen-bond acceptors (Lipinski definition) is 8. The van der Waals surface area contributed by atoms with Gasteiger partial charge in [-0.1, -0.05) is 42.4 Å². The topological polar surface area (TPSA) is 114 Å². The number of nitro benzene ring substituents is 1. The third kappa shape index (κ3) is 7.46. The molecule has 0 atom stereocenters. The second kappa shape index (κ2) is 13.7. The number of carbonyl (C=O) groups excluding carboxylic acids is 2. The molecule has 0 aliphatic rings. The van der Waals surface area contributed by atoms with E-state index in [4.69, 9.17) is 30.5 Å². The van der Waals surface area contributed by atoms with Crippen LogP contribution < -0.4 is 18.9 Å². The molecule has 0 amide bonds. The smallest absolute Gasteiger partial charge is 0.343 e. The van der Waals surface area contributed by atoms with Crippen LogP contribution in [-0.2, 0) is 12.8 Å². The fraction of sp³-hybridized carbons (Fsp3) is 0.0857. The van der Waals surface area contributed by atoms with Gasteiger partial charge in [-0.3, -0.25) is 10.1 Å². The van der Waals surface area contributed by atoms with Gasteiger partial charge in [0.2, 0.25) is 0 Å². The number of rotatable bonds is 11. The standard InChI is InChI=1S/C35H26ClNO8/c1-3-43-28-14-9-24(10-15-28)34(38)44-29-12-6-22(7-13-29)4-5-23-8-17-32(33(18-23)42-2)45-35(39)25-11-16-30-26(19-25)20-27(37(40)41)21-31(30)36/h3,6-21H,1,4-5H2,2H3. The number of hydrogen-bond donors (Lipinski definition) is 0. The van der Waals surface area contributed by atoms with Crippen molar-refractivity contribution in [2.45, 2.75) is 12.8 Å². The van der Waals surface area contributed by atoms with Gasteiger partial charge in [0, 0.05) is 17.5 Å². The minimum Gasteiger partial charge on any atom is -0.493 e. The molecule has 5 aromatic carbocycles. The summed E-state index contributed by atoms with van der Waals surface area (Å²) in [7, 11) is 1.48. The molecule has 0 unspecified atom stereocenters. The fourth-order valence-corrected chi connectivity index (χ4v) is 4.88. The minimum atomic E-state index is -0.648. The van der Waals surface area contributed by atoms with Crippen molar-refractivity contribution in [3.63, 3.8) is 0 Å². The maximum Gasteiger partial charge on any atom is 0.343 e. The third-order valence-corrected chi connectivity index (χ3v) is 7.22. The number of esters is 2. The number of methoxy groups -OCH3 is 1. The molecule has 9 nitrogen and oxygen atoms in total. The molecule has 0 aromatic heterocycles. The monoisotopic (exact) mass is 623 g/mol. The lowest BCUT2D eigenvalue weighted by Crippen LogP contribution is -2.09. The van der Waals surface area contributed by atoms with Crippen LogP contribution in [0.3, 0.4) is 0 Å². The Morgan fingerprint density at radius 2 is 1.42 bits per heavy atom. The first kappa shape index (κ1) is 30.8. The maximum atomic E-state index is 13.0. The van der Waals surface area contributed by atoms with Crippen LogP contribution >= 0.6 is 11.6 Å². The molecule has 0 fully saturated rings. The predicted molar refractivity (Wildman–Crippen MR) is 170 cm³/mol. The number of aryl methyl sites for hydroxylation is 2. The summed E-state index contributed by atoms with van der Waals surface area (Å²) in [5.74, 6) is 0.489. The van der Waals surface area contributed by atoms with E-state index in [9.17, 15) is 19.7 Å². The molecule has 0 aliphatic carbocycles. The summed E-state index contributed by atoms with van der Waals surface area (Å²) in [6.07, 6.45) is 2.68. The second-order valence-corrected chi connectivity index (χ2v) is 10.2. The van der Waals surface area contributed by atoms with Gasteiger partial charge in [0.25, 0.3) is 5.69 Å². The van der Waals surface area contributed by atoms with Gasteiger partial charge in [0.05, 0.1) is 34.4 Å². The molecule has 0 aliphatic heterocycles. The molecule has 5 aromatic rings. The molecule has 0 spiro atoms. The van der Waals surface area contributed by atoms with Crippen LogP contribution in [0.5, 0.6) is 23.0 Å². The van der Waals surface area contributed by atoms with Crippen LogP contribution in [0, 0.1) is 10.1 Å². The first-order valence-corrected chi connectivity index (χ1v) is 14.1. The average molecular weight is 624 g/mol. The van der Waals surface area contributed by atoms with Crippen LogP contribution in [0.15, 0.2) is 110 Å². The van der Waals surface area contributed by atoms with E-state index in [0.29, 0.717) is 46.4 Å². The van der Waals surface area contributed by atoms with E-state index in [-0.39, 0.29) is 22.0 Å². The van der Waals surface area contributed by atoms with Crippen molar-refractivity contribution in [3.05, 3.63) is 147 Å². The summed E-state index contributed by atoms with van der Waals surface area (Å²) < 4.78 is 21.7. The molecule has 226 valence electrons. The van der Waals surface area contributed by atoms with Crippen molar-refractivity contribution in [1.29, 1.82) is 0 Å². The van der Waals surface area contributed by atoms with E-state index < -0.39 is 16.9 Å². The number of halogens is 1. The van der Waals surface area contributed by atoms with Gasteiger partial charge in [-0.05, 0) is 90.0 Å². The fourth-order valence-electron chi connectivity index (χ4n) is 4.60. The van der Waals surface area contributed by atoms with Crippen molar-refractivity contribution < 1.29 is 33.5 Å². The number of ether oxygens (including phenoxy) is 4. The van der Waals surface area contributed by atoms with E-state index >= 15 is 0 Å². The summed E-state index contributed by atoms with van der Waals surface area (Å²) in [6, 6.07) is 26.4. The van der Waals surface area contributed by atoms with Crippen molar-refractivity contribution in [1.82, 2.24) is 0 Å². The van der Waals surface area contributed by atoms with E-state index in [2.05, 4.69) is 6.58 Å². The van der Waals surface area contributed by atoms with Crippen molar-refractivity contribution in [3.8, 4) is 23.0 Å². The highest BCUT2D eigenvalue weighted by atomic mass is 35.5. The van der Waals surface area contributed by atoms with Gasteiger partial charge in [0.15, 0.2) is 11.5 Å². The Morgan fingerprint density at radius 1 is 0.778 bits per heavy atom. The Labute approximate surface area is 263 Å². The summed E-state index contributed by atoms with van der Waals surface area (Å²) >= 11 is 6.18. The van der Waals surface area contributed by atoms with Gasteiger partial charge in [-0.25, -0.2) is 9.59 Å². The molecule has 0 N–H and O–H groups in total. The Kier molecular flexibility index (Phi) is 9.40. The van der Waals surface area contributed by atoms with Crippen LogP contribution in [0.25, 0.3) is 10.8 Å². The first-order valence-electron chi connectivity index (χ1n) is 13.7. The Balaban J connectivity index is 1.20. The van der Waals surface area contributed by atoms with Gasteiger partial charge < -0.3 is 18.9 Å². The van der Waals surface area contributed by atoms with Crippen LogP contribution in [0.1, 0.15) is 31.8 Å². The van der Waals surface area contributed by atoms with E-state index in [1.54, 1.807) is 60.7 Å². The van der Waals surface area contributed by atoms with Gasteiger partial charge in [-0.15, -0.1) is 0 Å². The zero-order valence-electron chi connectivity index (χ0n) is 24.0. The molecule has 0 saturated heterocycles. The van der Waals surface area contributed by atoms with Gasteiger partial charge in [0.1, 0.15) is 11.5 Å².